The summed E-state index contributed by atoms with van der Waals surface area (Å²) in [4.78, 5) is 10.6. The number of carbonyl (C=O) groups excluding carboxylic acids is 1. The van der Waals surface area contributed by atoms with Gasteiger partial charge in [-0.1, -0.05) is 35.4 Å². The molecule has 10 heteroatoms. The Balaban J connectivity index is 1.67. The first-order chi connectivity index (χ1) is 18.4. The predicted molar refractivity (Wildman–Crippen MR) is 150 cm³/mol. The number of benzene rings is 1. The maximum Gasteiger partial charge on any atom is 0.150 e. The zero-order chi connectivity index (χ0) is 26.5. The number of ether oxygens (including phenoxy) is 8. The molecule has 1 aromatic rings. The van der Waals surface area contributed by atoms with Gasteiger partial charge in [-0.2, -0.15) is 0 Å². The van der Waals surface area contributed by atoms with Gasteiger partial charge in [-0.15, -0.1) is 0 Å². The van der Waals surface area contributed by atoms with Crippen LogP contribution < -0.4 is 4.74 Å². The summed E-state index contributed by atoms with van der Waals surface area (Å²) in [7, 11) is 0. The van der Waals surface area contributed by atoms with Gasteiger partial charge < -0.3 is 37.9 Å². The molecule has 0 aliphatic rings. The third-order valence-corrected chi connectivity index (χ3v) is 5.68. The van der Waals surface area contributed by atoms with Crippen molar-refractivity contribution in [2.75, 3.05) is 104 Å². The summed E-state index contributed by atoms with van der Waals surface area (Å²) in [5.74, 6) is 0.712. The highest BCUT2D eigenvalue weighted by molar-refractivity contribution is 14.1. The summed E-state index contributed by atoms with van der Waals surface area (Å²) < 4.78 is 45.1. The summed E-state index contributed by atoms with van der Waals surface area (Å²) in [5.41, 5.74) is 0.625. The normalized spacial score (nSPS) is 11.2. The molecule has 37 heavy (non-hydrogen) atoms. The van der Waals surface area contributed by atoms with Crippen LogP contribution in [-0.2, 0) is 33.2 Å². The Kier molecular flexibility index (Phi) is 26.0. The fourth-order valence-electron chi connectivity index (χ4n) is 2.93. The largest absolute Gasteiger partial charge is 0.491 e. The summed E-state index contributed by atoms with van der Waals surface area (Å²) in [5, 5.41) is 0. The van der Waals surface area contributed by atoms with Crippen LogP contribution in [0.4, 0.5) is 0 Å². The summed E-state index contributed by atoms with van der Waals surface area (Å²) >= 11 is 2.42. The molecule has 0 aliphatic heterocycles. The lowest BCUT2D eigenvalue weighted by molar-refractivity contribution is -0.0213. The number of halogens is 1. The molecule has 0 heterocycles. The van der Waals surface area contributed by atoms with Gasteiger partial charge in [0.05, 0.1) is 85.9 Å². The molecule has 0 unspecified atom stereocenters. The average Bonchev–Trinajstić information content (AvgIpc) is 2.93. The van der Waals surface area contributed by atoms with Gasteiger partial charge in [0.25, 0.3) is 0 Å². The van der Waals surface area contributed by atoms with E-state index in [1.54, 1.807) is 24.3 Å². The molecule has 1 rings (SSSR count). The van der Waals surface area contributed by atoms with E-state index in [4.69, 9.17) is 37.9 Å². The first kappa shape index (κ1) is 34.2. The van der Waals surface area contributed by atoms with Gasteiger partial charge in [0.1, 0.15) is 18.6 Å². The molecular formula is C27H45IO9. The number of hydrogen-bond donors (Lipinski definition) is 0. The van der Waals surface area contributed by atoms with Gasteiger partial charge in [-0.3, -0.25) is 4.79 Å². The van der Waals surface area contributed by atoms with Crippen molar-refractivity contribution in [3.05, 3.63) is 29.8 Å². The molecular weight excluding hydrogens is 595 g/mol. The number of rotatable bonds is 29. The molecule has 0 N–H and O–H groups in total. The van der Waals surface area contributed by atoms with Crippen molar-refractivity contribution in [1.82, 2.24) is 0 Å². The van der Waals surface area contributed by atoms with Crippen LogP contribution in [0.1, 0.15) is 36.0 Å². The summed E-state index contributed by atoms with van der Waals surface area (Å²) in [6.45, 7) is 8.25. The molecule has 0 fully saturated rings. The highest BCUT2D eigenvalue weighted by atomic mass is 127. The maximum absolute atomic E-state index is 10.6. The second-order valence-corrected chi connectivity index (χ2v) is 9.00. The lowest BCUT2D eigenvalue weighted by Gasteiger charge is -2.09. The molecule has 0 spiro atoms. The highest BCUT2D eigenvalue weighted by Gasteiger charge is 1.97. The van der Waals surface area contributed by atoms with Crippen LogP contribution in [-0.4, -0.2) is 110 Å². The Labute approximate surface area is 235 Å². The number of aldehydes is 1. The Morgan fingerprint density at radius 1 is 0.486 bits per heavy atom. The second-order valence-electron chi connectivity index (χ2n) is 7.93. The first-order valence-corrected chi connectivity index (χ1v) is 14.7. The van der Waals surface area contributed by atoms with Gasteiger partial charge >= 0.3 is 0 Å². The van der Waals surface area contributed by atoms with Crippen molar-refractivity contribution < 1.29 is 42.7 Å². The van der Waals surface area contributed by atoms with Crippen molar-refractivity contribution in [2.45, 2.75) is 25.7 Å². The third-order valence-electron chi connectivity index (χ3n) is 4.92. The number of alkyl halides is 1. The molecule has 0 saturated heterocycles. The van der Waals surface area contributed by atoms with E-state index in [1.165, 1.54) is 23.7 Å². The Bertz CT molecular complexity index is 604. The van der Waals surface area contributed by atoms with Crippen molar-refractivity contribution >= 4 is 28.9 Å². The quantitative estimate of drug-likeness (QED) is 0.0558. The zero-order valence-electron chi connectivity index (χ0n) is 22.1. The van der Waals surface area contributed by atoms with E-state index in [0.29, 0.717) is 104 Å². The van der Waals surface area contributed by atoms with E-state index in [9.17, 15) is 4.79 Å². The number of hydrogen-bond acceptors (Lipinski definition) is 9. The monoisotopic (exact) mass is 640 g/mol. The molecule has 0 radical (unpaired) electrons. The molecule has 0 aliphatic carbocycles. The van der Waals surface area contributed by atoms with E-state index in [2.05, 4.69) is 22.6 Å². The minimum absolute atomic E-state index is 0.441. The SMILES string of the molecule is O=Cc1ccc(OCCOCCOCCOCCOCCOCCOCCOCCCCCCI)cc1. The summed E-state index contributed by atoms with van der Waals surface area (Å²) in [6.07, 6.45) is 5.78. The average molecular weight is 641 g/mol. The molecule has 0 atom stereocenters. The van der Waals surface area contributed by atoms with Crippen molar-refractivity contribution in [1.29, 1.82) is 0 Å². The van der Waals surface area contributed by atoms with Crippen LogP contribution in [0.2, 0.25) is 0 Å². The van der Waals surface area contributed by atoms with Crippen LogP contribution in [0.25, 0.3) is 0 Å². The third kappa shape index (κ3) is 24.0. The molecule has 0 bridgehead atoms. The van der Waals surface area contributed by atoms with Crippen LogP contribution in [0, 0.1) is 0 Å². The van der Waals surface area contributed by atoms with E-state index in [1.807, 2.05) is 0 Å². The van der Waals surface area contributed by atoms with Gasteiger partial charge in [0, 0.05) is 12.2 Å². The first-order valence-electron chi connectivity index (χ1n) is 13.1. The second kappa shape index (κ2) is 28.2. The topological polar surface area (TPSA) is 90.9 Å². The van der Waals surface area contributed by atoms with Gasteiger partial charge in [-0.25, -0.2) is 0 Å². The van der Waals surface area contributed by atoms with Crippen LogP contribution in [0.3, 0.4) is 0 Å². The predicted octanol–water partition coefficient (Wildman–Crippen LogP) is 3.99. The Morgan fingerprint density at radius 3 is 1.27 bits per heavy atom. The number of unbranched alkanes of at least 4 members (excludes halogenated alkanes) is 3. The van der Waals surface area contributed by atoms with E-state index >= 15 is 0 Å². The van der Waals surface area contributed by atoms with E-state index in [0.717, 1.165) is 19.3 Å². The minimum atomic E-state index is 0.441. The maximum atomic E-state index is 10.6. The molecule has 9 nitrogen and oxygen atoms in total. The lowest BCUT2D eigenvalue weighted by atomic mass is 10.2. The van der Waals surface area contributed by atoms with E-state index < -0.39 is 0 Å². The molecule has 0 amide bonds. The fraction of sp³-hybridized carbons (Fsp3) is 0.741. The van der Waals surface area contributed by atoms with Crippen LogP contribution in [0.5, 0.6) is 5.75 Å². The highest BCUT2D eigenvalue weighted by Crippen LogP contribution is 2.10. The summed E-state index contributed by atoms with van der Waals surface area (Å²) in [6, 6.07) is 6.95. The lowest BCUT2D eigenvalue weighted by Crippen LogP contribution is -2.15. The van der Waals surface area contributed by atoms with Crippen LogP contribution >= 0.6 is 22.6 Å². The fourth-order valence-corrected chi connectivity index (χ4v) is 3.47. The Hall–Kier alpha value is -0.860. The van der Waals surface area contributed by atoms with Crippen molar-refractivity contribution in [3.63, 3.8) is 0 Å². The standard InChI is InChI=1S/C27H45IO9/c28-9-3-1-2-4-10-30-11-12-31-13-14-32-15-16-33-17-18-34-19-20-35-21-22-36-23-24-37-27-7-5-26(25-29)6-8-27/h5-8,25H,1-4,9-24H2. The van der Waals surface area contributed by atoms with Crippen LogP contribution in [0.15, 0.2) is 24.3 Å². The van der Waals surface area contributed by atoms with Gasteiger partial charge in [0.15, 0.2) is 0 Å². The zero-order valence-corrected chi connectivity index (χ0v) is 24.2. The minimum Gasteiger partial charge on any atom is -0.491 e. The smallest absolute Gasteiger partial charge is 0.150 e. The molecule has 214 valence electrons. The van der Waals surface area contributed by atoms with Crippen molar-refractivity contribution in [3.8, 4) is 5.75 Å². The van der Waals surface area contributed by atoms with Crippen molar-refractivity contribution in [2.24, 2.45) is 0 Å². The molecule has 1 aromatic carbocycles. The Morgan fingerprint density at radius 2 is 0.865 bits per heavy atom. The molecule has 0 aromatic heterocycles. The van der Waals surface area contributed by atoms with Gasteiger partial charge in [-0.05, 0) is 41.5 Å². The van der Waals surface area contributed by atoms with E-state index in [-0.39, 0.29) is 0 Å². The molecule has 0 saturated carbocycles. The number of carbonyl (C=O) groups is 1. The van der Waals surface area contributed by atoms with Gasteiger partial charge in [0.2, 0.25) is 0 Å².